The number of amides is 3. The highest BCUT2D eigenvalue weighted by atomic mass is 16.5. The minimum Gasteiger partial charge on any atom is -0.493 e. The third-order valence-electron chi connectivity index (χ3n) is 2.78. The number of carbonyl (C=O) groups excluding carboxylic acids is 2. The summed E-state index contributed by atoms with van der Waals surface area (Å²) >= 11 is 0. The molecule has 21 heavy (non-hydrogen) atoms. The quantitative estimate of drug-likeness (QED) is 0.716. The first kappa shape index (κ1) is 16.8. The van der Waals surface area contributed by atoms with Gasteiger partial charge in [-0.3, -0.25) is 10.1 Å². The van der Waals surface area contributed by atoms with Crippen LogP contribution in [0, 0.1) is 0 Å². The van der Waals surface area contributed by atoms with E-state index >= 15 is 0 Å². The number of rotatable bonds is 6. The molecule has 0 saturated carbocycles. The molecule has 0 spiro atoms. The number of imide groups is 1. The summed E-state index contributed by atoms with van der Waals surface area (Å²) in [6.07, 6.45) is -0.839. The van der Waals surface area contributed by atoms with Gasteiger partial charge in [0.05, 0.1) is 7.11 Å². The number of hydrogen-bond acceptors (Lipinski definition) is 5. The summed E-state index contributed by atoms with van der Waals surface area (Å²) in [5.74, 6) is 0.479. The van der Waals surface area contributed by atoms with Gasteiger partial charge < -0.3 is 20.1 Å². The van der Waals surface area contributed by atoms with E-state index in [0.29, 0.717) is 18.0 Å². The van der Waals surface area contributed by atoms with Gasteiger partial charge >= 0.3 is 6.03 Å². The lowest BCUT2D eigenvalue weighted by atomic mass is 10.2. The summed E-state index contributed by atoms with van der Waals surface area (Å²) in [6.45, 7) is 2.13. The first-order valence-corrected chi connectivity index (χ1v) is 6.53. The molecule has 0 aromatic heterocycles. The highest BCUT2D eigenvalue weighted by Crippen LogP contribution is 2.31. The minimum absolute atomic E-state index is 0.480. The molecule has 1 aromatic rings. The number of hydrogen-bond donors (Lipinski definition) is 3. The lowest BCUT2D eigenvalue weighted by Crippen LogP contribution is -2.44. The molecule has 1 rings (SSSR count). The van der Waals surface area contributed by atoms with Crippen LogP contribution in [0.5, 0.6) is 11.5 Å². The molecule has 0 aliphatic rings. The molecular formula is C14H21N3O4. The van der Waals surface area contributed by atoms with Crippen LogP contribution in [0.25, 0.3) is 0 Å². The SMILES string of the molecule is CNCc1cccc(OC)c1OC(C)C(=O)NC(=O)NC. The monoisotopic (exact) mass is 295 g/mol. The largest absolute Gasteiger partial charge is 0.493 e. The molecule has 3 amide bonds. The van der Waals surface area contributed by atoms with Crippen LogP contribution in [0.4, 0.5) is 4.79 Å². The zero-order chi connectivity index (χ0) is 15.8. The average Bonchev–Trinajstić information content (AvgIpc) is 2.48. The number of urea groups is 1. The fraction of sp³-hybridized carbons (Fsp3) is 0.429. The Kier molecular flexibility index (Phi) is 6.48. The highest BCUT2D eigenvalue weighted by Gasteiger charge is 2.20. The highest BCUT2D eigenvalue weighted by molar-refractivity contribution is 5.96. The van der Waals surface area contributed by atoms with E-state index in [-0.39, 0.29) is 0 Å². The van der Waals surface area contributed by atoms with Crippen molar-refractivity contribution >= 4 is 11.9 Å². The van der Waals surface area contributed by atoms with E-state index in [1.54, 1.807) is 13.0 Å². The molecule has 116 valence electrons. The Bertz CT molecular complexity index is 505. The molecule has 1 aromatic carbocycles. The zero-order valence-corrected chi connectivity index (χ0v) is 12.6. The van der Waals surface area contributed by atoms with Crippen molar-refractivity contribution in [3.8, 4) is 11.5 Å². The van der Waals surface area contributed by atoms with Crippen LogP contribution in [0.3, 0.4) is 0 Å². The molecule has 0 radical (unpaired) electrons. The number of ether oxygens (including phenoxy) is 2. The van der Waals surface area contributed by atoms with E-state index in [9.17, 15) is 9.59 Å². The predicted molar refractivity (Wildman–Crippen MR) is 78.4 cm³/mol. The van der Waals surface area contributed by atoms with Crippen molar-refractivity contribution in [2.24, 2.45) is 0 Å². The molecule has 0 fully saturated rings. The van der Waals surface area contributed by atoms with E-state index in [1.165, 1.54) is 14.2 Å². The second-order valence-electron chi connectivity index (χ2n) is 4.31. The van der Waals surface area contributed by atoms with Crippen LogP contribution in [-0.2, 0) is 11.3 Å². The molecule has 7 heteroatoms. The van der Waals surface area contributed by atoms with Gasteiger partial charge in [0.25, 0.3) is 5.91 Å². The van der Waals surface area contributed by atoms with Crippen molar-refractivity contribution in [3.63, 3.8) is 0 Å². The van der Waals surface area contributed by atoms with Crippen LogP contribution in [0.2, 0.25) is 0 Å². The van der Waals surface area contributed by atoms with Crippen LogP contribution in [0.1, 0.15) is 12.5 Å². The predicted octanol–water partition coefficient (Wildman–Crippen LogP) is 0.638. The van der Waals surface area contributed by atoms with Crippen LogP contribution >= 0.6 is 0 Å². The molecule has 0 heterocycles. The molecule has 3 N–H and O–H groups in total. The fourth-order valence-corrected chi connectivity index (χ4v) is 1.69. The number of benzene rings is 1. The van der Waals surface area contributed by atoms with Crippen molar-refractivity contribution in [1.29, 1.82) is 0 Å². The van der Waals surface area contributed by atoms with Gasteiger partial charge in [0, 0.05) is 19.2 Å². The van der Waals surface area contributed by atoms with E-state index in [1.807, 2.05) is 19.2 Å². The molecule has 0 aliphatic carbocycles. The maximum Gasteiger partial charge on any atom is 0.321 e. The Morgan fingerprint density at radius 3 is 2.57 bits per heavy atom. The normalized spacial score (nSPS) is 11.4. The maximum absolute atomic E-state index is 11.8. The zero-order valence-electron chi connectivity index (χ0n) is 12.6. The molecule has 0 aliphatic heterocycles. The molecule has 7 nitrogen and oxygen atoms in total. The first-order valence-electron chi connectivity index (χ1n) is 6.53. The average molecular weight is 295 g/mol. The second-order valence-corrected chi connectivity index (χ2v) is 4.31. The molecule has 0 bridgehead atoms. The number of para-hydroxylation sites is 1. The van der Waals surface area contributed by atoms with Gasteiger partial charge in [-0.05, 0) is 20.0 Å². The standard InChI is InChI=1S/C14H21N3O4/c1-9(13(18)17-14(19)16-3)21-12-10(8-15-2)6-5-7-11(12)20-4/h5-7,9,15H,8H2,1-4H3,(H2,16,17,18,19). The topological polar surface area (TPSA) is 88.7 Å². The fourth-order valence-electron chi connectivity index (χ4n) is 1.69. The van der Waals surface area contributed by atoms with Crippen molar-refractivity contribution in [1.82, 2.24) is 16.0 Å². The Hall–Kier alpha value is -2.28. The lowest BCUT2D eigenvalue weighted by molar-refractivity contribution is -0.126. The summed E-state index contributed by atoms with van der Waals surface area (Å²) in [5.41, 5.74) is 0.858. The van der Waals surface area contributed by atoms with Gasteiger partial charge in [-0.1, -0.05) is 12.1 Å². The summed E-state index contributed by atoms with van der Waals surface area (Å²) in [6, 6.07) is 4.88. The van der Waals surface area contributed by atoms with Gasteiger partial charge in [-0.15, -0.1) is 0 Å². The first-order chi connectivity index (χ1) is 10.0. The van der Waals surface area contributed by atoms with Crippen molar-refractivity contribution in [2.45, 2.75) is 19.6 Å². The van der Waals surface area contributed by atoms with Gasteiger partial charge in [0.15, 0.2) is 17.6 Å². The van der Waals surface area contributed by atoms with Gasteiger partial charge in [0.2, 0.25) is 0 Å². The second kappa shape index (κ2) is 8.11. The minimum atomic E-state index is -0.839. The summed E-state index contributed by atoms with van der Waals surface area (Å²) in [5, 5.41) is 7.50. The third kappa shape index (κ3) is 4.64. The third-order valence-corrected chi connectivity index (χ3v) is 2.78. The lowest BCUT2D eigenvalue weighted by Gasteiger charge is -2.19. The Morgan fingerprint density at radius 1 is 1.29 bits per heavy atom. The van der Waals surface area contributed by atoms with Gasteiger partial charge in [-0.25, -0.2) is 4.79 Å². The molecule has 1 unspecified atom stereocenters. The summed E-state index contributed by atoms with van der Waals surface area (Å²) < 4.78 is 10.9. The number of methoxy groups -OCH3 is 1. The van der Waals surface area contributed by atoms with E-state index in [0.717, 1.165) is 5.56 Å². The van der Waals surface area contributed by atoms with Gasteiger partial charge in [0.1, 0.15) is 0 Å². The Balaban J connectivity index is 2.89. The van der Waals surface area contributed by atoms with Crippen molar-refractivity contribution < 1.29 is 19.1 Å². The molecule has 0 saturated heterocycles. The maximum atomic E-state index is 11.8. The van der Waals surface area contributed by atoms with E-state index in [2.05, 4.69) is 16.0 Å². The van der Waals surface area contributed by atoms with Crippen LogP contribution < -0.4 is 25.4 Å². The summed E-state index contributed by atoms with van der Waals surface area (Å²) in [7, 11) is 4.77. The number of carbonyl (C=O) groups is 2. The smallest absolute Gasteiger partial charge is 0.321 e. The Morgan fingerprint density at radius 2 is 2.00 bits per heavy atom. The van der Waals surface area contributed by atoms with Gasteiger partial charge in [-0.2, -0.15) is 0 Å². The number of nitrogens with one attached hydrogen (secondary N) is 3. The van der Waals surface area contributed by atoms with Crippen molar-refractivity contribution in [2.75, 3.05) is 21.2 Å². The van der Waals surface area contributed by atoms with Crippen molar-refractivity contribution in [3.05, 3.63) is 23.8 Å². The van der Waals surface area contributed by atoms with E-state index < -0.39 is 18.0 Å². The van der Waals surface area contributed by atoms with Crippen LogP contribution in [-0.4, -0.2) is 39.2 Å². The molecular weight excluding hydrogens is 274 g/mol. The summed E-state index contributed by atoms with van der Waals surface area (Å²) in [4.78, 5) is 23.0. The Labute approximate surface area is 124 Å². The van der Waals surface area contributed by atoms with E-state index in [4.69, 9.17) is 9.47 Å². The molecule has 1 atom stereocenters. The van der Waals surface area contributed by atoms with Crippen LogP contribution in [0.15, 0.2) is 18.2 Å².